The zero-order valence-corrected chi connectivity index (χ0v) is 15.2. The molecule has 0 radical (unpaired) electrons. The molecule has 1 aliphatic carbocycles. The molecule has 0 saturated heterocycles. The maximum Gasteiger partial charge on any atom is 0.198 e. The highest BCUT2D eigenvalue weighted by molar-refractivity contribution is 6.31. The Balaban J connectivity index is 1.60. The number of hydrazone groups is 1. The zero-order chi connectivity index (χ0) is 17.0. The van der Waals surface area contributed by atoms with Crippen LogP contribution in [0, 0.1) is 0 Å². The van der Waals surface area contributed by atoms with Crippen molar-refractivity contribution < 1.29 is 4.74 Å². The van der Waals surface area contributed by atoms with Gasteiger partial charge in [0.1, 0.15) is 5.75 Å². The lowest BCUT2D eigenvalue weighted by Crippen LogP contribution is -2.51. The van der Waals surface area contributed by atoms with Crippen LogP contribution in [0.3, 0.4) is 0 Å². The van der Waals surface area contributed by atoms with Gasteiger partial charge in [0.15, 0.2) is 5.72 Å². The minimum Gasteiger partial charge on any atom is -0.466 e. The SMILES string of the molecule is Clc1ccc(C2=NN3C(C2)c2cc(Cl)ccc2OC32CCCC2)cc1. The largest absolute Gasteiger partial charge is 0.466 e. The second-order valence-corrected chi connectivity index (χ2v) is 7.93. The highest BCUT2D eigenvalue weighted by Gasteiger charge is 2.51. The van der Waals surface area contributed by atoms with E-state index < -0.39 is 0 Å². The van der Waals surface area contributed by atoms with E-state index in [4.69, 9.17) is 33.0 Å². The van der Waals surface area contributed by atoms with Crippen LogP contribution in [0.4, 0.5) is 0 Å². The summed E-state index contributed by atoms with van der Waals surface area (Å²) in [4.78, 5) is 0. The monoisotopic (exact) mass is 372 g/mol. The maximum atomic E-state index is 6.49. The Labute approximate surface area is 157 Å². The van der Waals surface area contributed by atoms with Crippen molar-refractivity contribution in [3.05, 3.63) is 63.6 Å². The number of rotatable bonds is 1. The van der Waals surface area contributed by atoms with E-state index in [0.29, 0.717) is 0 Å². The summed E-state index contributed by atoms with van der Waals surface area (Å²) in [7, 11) is 0. The minimum atomic E-state index is -0.306. The molecule has 3 aliphatic rings. The number of fused-ring (bicyclic) bond motifs is 4. The van der Waals surface area contributed by atoms with Gasteiger partial charge in [-0.05, 0) is 48.7 Å². The standard InChI is InChI=1S/C20H18Cl2N2O/c21-14-5-3-13(4-6-14)17-12-18-16-11-15(22)7-8-19(16)25-20(24(18)23-17)9-1-2-10-20/h3-8,11,18H,1-2,9-10,12H2. The molecule has 3 nitrogen and oxygen atoms in total. The van der Waals surface area contributed by atoms with Crippen LogP contribution in [0.1, 0.15) is 49.3 Å². The fourth-order valence-electron chi connectivity index (χ4n) is 4.33. The first kappa shape index (κ1) is 15.5. The molecule has 0 amide bonds. The normalized spacial score (nSPS) is 23.2. The quantitative estimate of drug-likeness (QED) is 0.630. The second-order valence-electron chi connectivity index (χ2n) is 7.06. The first-order valence-corrected chi connectivity index (χ1v) is 9.51. The van der Waals surface area contributed by atoms with Crippen LogP contribution in [0.25, 0.3) is 0 Å². The molecule has 5 rings (SSSR count). The van der Waals surface area contributed by atoms with Gasteiger partial charge in [-0.15, -0.1) is 0 Å². The van der Waals surface area contributed by atoms with Crippen LogP contribution >= 0.6 is 23.2 Å². The summed E-state index contributed by atoms with van der Waals surface area (Å²) in [5.41, 5.74) is 3.04. The van der Waals surface area contributed by atoms with Crippen LogP contribution in [0.2, 0.25) is 10.0 Å². The average molecular weight is 373 g/mol. The summed E-state index contributed by atoms with van der Waals surface area (Å²) in [6.07, 6.45) is 5.25. The first-order chi connectivity index (χ1) is 12.1. The van der Waals surface area contributed by atoms with Gasteiger partial charge < -0.3 is 4.74 Å². The van der Waals surface area contributed by atoms with E-state index in [1.165, 1.54) is 12.8 Å². The molecular weight excluding hydrogens is 355 g/mol. The highest BCUT2D eigenvalue weighted by Crippen LogP contribution is 2.52. The van der Waals surface area contributed by atoms with E-state index >= 15 is 0 Å². The van der Waals surface area contributed by atoms with Crippen molar-refractivity contribution in [1.82, 2.24) is 5.01 Å². The summed E-state index contributed by atoms with van der Waals surface area (Å²) >= 11 is 12.3. The van der Waals surface area contributed by atoms with Gasteiger partial charge in [-0.3, -0.25) is 0 Å². The predicted molar refractivity (Wildman–Crippen MR) is 100 cm³/mol. The minimum absolute atomic E-state index is 0.186. The highest BCUT2D eigenvalue weighted by atomic mass is 35.5. The molecule has 1 unspecified atom stereocenters. The lowest BCUT2D eigenvalue weighted by Gasteiger charge is -2.45. The zero-order valence-electron chi connectivity index (χ0n) is 13.7. The average Bonchev–Trinajstić information content (AvgIpc) is 3.25. The molecule has 1 fully saturated rings. The molecule has 2 heterocycles. The number of ether oxygens (including phenoxy) is 1. The number of benzene rings is 2. The van der Waals surface area contributed by atoms with Gasteiger partial charge in [0.25, 0.3) is 0 Å². The molecule has 2 aliphatic heterocycles. The molecular formula is C20H18Cl2N2O. The van der Waals surface area contributed by atoms with Gasteiger partial charge in [0, 0.05) is 34.9 Å². The molecule has 1 atom stereocenters. The Kier molecular flexibility index (Phi) is 3.51. The third kappa shape index (κ3) is 2.44. The molecule has 1 saturated carbocycles. The fraction of sp³-hybridized carbons (Fsp3) is 0.350. The Morgan fingerprint density at radius 3 is 2.48 bits per heavy atom. The molecule has 2 aromatic rings. The summed E-state index contributed by atoms with van der Waals surface area (Å²) in [6.45, 7) is 0. The lowest BCUT2D eigenvalue weighted by atomic mass is 9.94. The molecule has 128 valence electrons. The first-order valence-electron chi connectivity index (χ1n) is 8.76. The van der Waals surface area contributed by atoms with Crippen molar-refractivity contribution in [2.24, 2.45) is 5.10 Å². The number of hydrogen-bond acceptors (Lipinski definition) is 3. The summed E-state index contributed by atoms with van der Waals surface area (Å²) in [5, 5.41) is 8.71. The Bertz CT molecular complexity index is 856. The van der Waals surface area contributed by atoms with Crippen LogP contribution in [-0.2, 0) is 0 Å². The molecule has 0 N–H and O–H groups in total. The van der Waals surface area contributed by atoms with Crippen molar-refractivity contribution in [1.29, 1.82) is 0 Å². The third-order valence-electron chi connectivity index (χ3n) is 5.52. The van der Waals surface area contributed by atoms with Gasteiger partial charge in [0.2, 0.25) is 0 Å². The summed E-state index contributed by atoms with van der Waals surface area (Å²) in [6, 6.07) is 14.1. The smallest absolute Gasteiger partial charge is 0.198 e. The topological polar surface area (TPSA) is 24.8 Å². The lowest BCUT2D eigenvalue weighted by molar-refractivity contribution is -0.114. The number of halogens is 2. The van der Waals surface area contributed by atoms with Crippen molar-refractivity contribution in [3.63, 3.8) is 0 Å². The third-order valence-corrected chi connectivity index (χ3v) is 6.01. The molecule has 25 heavy (non-hydrogen) atoms. The van der Waals surface area contributed by atoms with Gasteiger partial charge in [0.05, 0.1) is 11.8 Å². The molecule has 1 spiro atoms. The van der Waals surface area contributed by atoms with Crippen LogP contribution in [0.5, 0.6) is 5.75 Å². The number of hydrogen-bond donors (Lipinski definition) is 0. The Hall–Kier alpha value is -1.71. The van der Waals surface area contributed by atoms with E-state index in [0.717, 1.165) is 51.9 Å². The predicted octanol–water partition coefficient (Wildman–Crippen LogP) is 5.81. The van der Waals surface area contributed by atoms with Crippen LogP contribution < -0.4 is 4.74 Å². The van der Waals surface area contributed by atoms with Crippen molar-refractivity contribution in [2.75, 3.05) is 0 Å². The fourth-order valence-corrected chi connectivity index (χ4v) is 4.63. The van der Waals surface area contributed by atoms with E-state index in [9.17, 15) is 0 Å². The van der Waals surface area contributed by atoms with Gasteiger partial charge in [-0.1, -0.05) is 35.3 Å². The molecule has 2 aromatic carbocycles. The van der Waals surface area contributed by atoms with E-state index in [1.54, 1.807) is 0 Å². The van der Waals surface area contributed by atoms with Gasteiger partial charge >= 0.3 is 0 Å². The van der Waals surface area contributed by atoms with Crippen LogP contribution in [-0.4, -0.2) is 16.4 Å². The van der Waals surface area contributed by atoms with Gasteiger partial charge in [-0.25, -0.2) is 5.01 Å². The molecule has 5 heteroatoms. The molecule has 0 bridgehead atoms. The maximum absolute atomic E-state index is 6.49. The van der Waals surface area contributed by atoms with E-state index in [-0.39, 0.29) is 11.8 Å². The second kappa shape index (κ2) is 5.65. The van der Waals surface area contributed by atoms with Gasteiger partial charge in [-0.2, -0.15) is 5.10 Å². The summed E-state index contributed by atoms with van der Waals surface area (Å²) in [5.74, 6) is 0.958. The van der Waals surface area contributed by atoms with Crippen molar-refractivity contribution >= 4 is 28.9 Å². The van der Waals surface area contributed by atoms with Crippen molar-refractivity contribution in [2.45, 2.75) is 43.9 Å². The summed E-state index contributed by atoms with van der Waals surface area (Å²) < 4.78 is 6.49. The van der Waals surface area contributed by atoms with Crippen LogP contribution in [0.15, 0.2) is 47.6 Å². The Morgan fingerprint density at radius 1 is 1.00 bits per heavy atom. The van der Waals surface area contributed by atoms with Crippen molar-refractivity contribution in [3.8, 4) is 5.75 Å². The Morgan fingerprint density at radius 2 is 1.72 bits per heavy atom. The molecule has 0 aromatic heterocycles. The van der Waals surface area contributed by atoms with E-state index in [2.05, 4.69) is 5.01 Å². The van der Waals surface area contributed by atoms with E-state index in [1.807, 2.05) is 42.5 Å². The number of nitrogens with zero attached hydrogens (tertiary/aromatic N) is 2.